The van der Waals surface area contributed by atoms with Crippen LogP contribution < -0.4 is 11.5 Å². The van der Waals surface area contributed by atoms with E-state index in [4.69, 9.17) is 21.5 Å². The van der Waals surface area contributed by atoms with Crippen LogP contribution in [0.25, 0.3) is 0 Å². The van der Waals surface area contributed by atoms with Crippen molar-refractivity contribution in [2.24, 2.45) is 11.5 Å². The molecule has 6 N–H and O–H groups in total. The Labute approximate surface area is 66.1 Å². The molecule has 7 heteroatoms. The molecule has 6 nitrogen and oxygen atoms in total. The van der Waals surface area contributed by atoms with Crippen LogP contribution in [0.5, 0.6) is 0 Å². The fourth-order valence-corrected chi connectivity index (χ4v) is 0.477. The quantitative estimate of drug-likeness (QED) is 0.319. The molecule has 0 aromatic rings. The molecule has 2 unspecified atom stereocenters. The fourth-order valence-electron chi connectivity index (χ4n) is 0.159. The Balaban J connectivity index is 0. The predicted molar refractivity (Wildman–Crippen MR) is 42.1 cm³/mol. The number of rotatable bonds is 3. The Morgan fingerprint density at radius 1 is 1.73 bits per heavy atom. The van der Waals surface area contributed by atoms with E-state index in [-0.39, 0.29) is 6.61 Å². The normalized spacial score (nSPS) is 14.6. The van der Waals surface area contributed by atoms with Crippen LogP contribution in [-0.2, 0) is 9.09 Å². The SMILES string of the molecule is CC(N)O[PH](=O)O.NCCO. The molecule has 0 aliphatic rings. The Morgan fingerprint density at radius 2 is 2.09 bits per heavy atom. The van der Waals surface area contributed by atoms with Crippen molar-refractivity contribution in [1.82, 2.24) is 0 Å². The second-order valence-corrected chi connectivity index (χ2v) is 2.37. The minimum Gasteiger partial charge on any atom is -0.395 e. The maximum Gasteiger partial charge on any atom is 0.318 e. The summed E-state index contributed by atoms with van der Waals surface area (Å²) in [5.74, 6) is 0. The monoisotopic (exact) mass is 186 g/mol. The zero-order chi connectivity index (χ0) is 9.28. The van der Waals surface area contributed by atoms with Crippen molar-refractivity contribution >= 4 is 8.25 Å². The van der Waals surface area contributed by atoms with Crippen LogP contribution in [-0.4, -0.2) is 29.4 Å². The summed E-state index contributed by atoms with van der Waals surface area (Å²) in [5, 5.41) is 7.75. The van der Waals surface area contributed by atoms with Crippen LogP contribution in [0.3, 0.4) is 0 Å². The van der Waals surface area contributed by atoms with Crippen LogP contribution in [0.2, 0.25) is 0 Å². The van der Waals surface area contributed by atoms with Gasteiger partial charge in [0.2, 0.25) is 0 Å². The highest BCUT2D eigenvalue weighted by Crippen LogP contribution is 2.14. The molecule has 0 rings (SSSR count). The van der Waals surface area contributed by atoms with Crippen molar-refractivity contribution in [3.05, 3.63) is 0 Å². The highest BCUT2D eigenvalue weighted by atomic mass is 31.1. The molecule has 11 heavy (non-hydrogen) atoms. The molecule has 0 aliphatic heterocycles. The molecular formula is C4H15N2O4P. The molecule has 0 saturated carbocycles. The van der Waals surface area contributed by atoms with E-state index >= 15 is 0 Å². The average Bonchev–Trinajstić information content (AvgIpc) is 1.85. The van der Waals surface area contributed by atoms with Gasteiger partial charge in [-0.3, -0.25) is 9.09 Å². The van der Waals surface area contributed by atoms with E-state index in [9.17, 15) is 4.57 Å². The van der Waals surface area contributed by atoms with Gasteiger partial charge in [0, 0.05) is 6.54 Å². The maximum absolute atomic E-state index is 9.69. The zero-order valence-corrected chi connectivity index (χ0v) is 7.36. The number of hydrogen-bond donors (Lipinski definition) is 4. The first-order chi connectivity index (χ1) is 5.04. The molecule has 0 aliphatic carbocycles. The number of aliphatic hydroxyl groups excluding tert-OH is 1. The Hall–Kier alpha value is 0.0300. The third-order valence-corrected chi connectivity index (χ3v) is 0.989. The molecule has 0 bridgehead atoms. The van der Waals surface area contributed by atoms with Gasteiger partial charge in [-0.2, -0.15) is 0 Å². The van der Waals surface area contributed by atoms with Gasteiger partial charge in [-0.15, -0.1) is 0 Å². The van der Waals surface area contributed by atoms with Crippen molar-refractivity contribution in [3.8, 4) is 0 Å². The first-order valence-electron chi connectivity index (χ1n) is 3.00. The Kier molecular flexibility index (Phi) is 12.4. The fraction of sp³-hybridized carbons (Fsp3) is 1.00. The second-order valence-electron chi connectivity index (χ2n) is 1.60. The van der Waals surface area contributed by atoms with Crippen LogP contribution in [0.15, 0.2) is 0 Å². The minimum absolute atomic E-state index is 0.0972. The highest BCUT2D eigenvalue weighted by Gasteiger charge is 1.93. The Morgan fingerprint density at radius 3 is 2.09 bits per heavy atom. The van der Waals surface area contributed by atoms with Gasteiger partial charge in [-0.1, -0.05) is 0 Å². The van der Waals surface area contributed by atoms with Crippen molar-refractivity contribution < 1.29 is 19.1 Å². The van der Waals surface area contributed by atoms with Gasteiger partial charge in [0.1, 0.15) is 6.23 Å². The topological polar surface area (TPSA) is 119 Å². The predicted octanol–water partition coefficient (Wildman–Crippen LogP) is -1.37. The molecule has 0 aromatic carbocycles. The second kappa shape index (κ2) is 10.0. The van der Waals surface area contributed by atoms with Crippen molar-refractivity contribution in [3.63, 3.8) is 0 Å². The third-order valence-electron chi connectivity index (χ3n) is 0.416. The zero-order valence-electron chi connectivity index (χ0n) is 6.36. The Bertz CT molecular complexity index is 98.1. The van der Waals surface area contributed by atoms with Crippen LogP contribution in [0.4, 0.5) is 0 Å². The van der Waals surface area contributed by atoms with Crippen LogP contribution in [0, 0.1) is 0 Å². The first-order valence-corrected chi connectivity index (χ1v) is 4.27. The van der Waals surface area contributed by atoms with E-state index in [2.05, 4.69) is 4.52 Å². The molecule has 0 radical (unpaired) electrons. The summed E-state index contributed by atoms with van der Waals surface area (Å²) in [6, 6.07) is 0. The molecular weight excluding hydrogens is 171 g/mol. The van der Waals surface area contributed by atoms with Crippen molar-refractivity contribution in [2.75, 3.05) is 13.2 Å². The molecule has 0 spiro atoms. The summed E-state index contributed by atoms with van der Waals surface area (Å²) < 4.78 is 13.8. The van der Waals surface area contributed by atoms with Crippen LogP contribution in [0.1, 0.15) is 6.92 Å². The smallest absolute Gasteiger partial charge is 0.318 e. The summed E-state index contributed by atoms with van der Waals surface area (Å²) >= 11 is 0. The van der Waals surface area contributed by atoms with E-state index < -0.39 is 14.5 Å². The lowest BCUT2D eigenvalue weighted by Crippen LogP contribution is -2.14. The van der Waals surface area contributed by atoms with E-state index in [0.29, 0.717) is 6.54 Å². The average molecular weight is 186 g/mol. The van der Waals surface area contributed by atoms with Crippen molar-refractivity contribution in [2.45, 2.75) is 13.2 Å². The lowest BCUT2D eigenvalue weighted by Gasteiger charge is -1.99. The standard InChI is InChI=1S/C2H8NO3P.C2H7NO/c1-2(3)6-7(4)5;3-1-2-4/h2,7H,3H2,1H3,(H,4,5);4H,1-3H2. The molecule has 70 valence electrons. The maximum atomic E-state index is 9.69. The first kappa shape index (κ1) is 13.6. The molecule has 0 amide bonds. The summed E-state index contributed by atoms with van der Waals surface area (Å²) in [5.41, 5.74) is 9.71. The molecule has 0 aromatic heterocycles. The van der Waals surface area contributed by atoms with Gasteiger partial charge in [-0.25, -0.2) is 0 Å². The molecule has 0 heterocycles. The summed E-state index contributed by atoms with van der Waals surface area (Å²) in [7, 11) is -2.81. The molecule has 2 atom stereocenters. The molecule has 0 fully saturated rings. The third kappa shape index (κ3) is 25.6. The van der Waals surface area contributed by atoms with Gasteiger partial charge in [0.25, 0.3) is 0 Å². The summed E-state index contributed by atoms with van der Waals surface area (Å²) in [4.78, 5) is 7.97. The van der Waals surface area contributed by atoms with E-state index in [1.54, 1.807) is 0 Å². The van der Waals surface area contributed by atoms with E-state index in [1.807, 2.05) is 0 Å². The molecule has 0 saturated heterocycles. The lowest BCUT2D eigenvalue weighted by molar-refractivity contribution is 0.212. The highest BCUT2D eigenvalue weighted by molar-refractivity contribution is 7.32. The summed E-state index contributed by atoms with van der Waals surface area (Å²) in [6.45, 7) is 1.96. The lowest BCUT2D eigenvalue weighted by atomic mass is 10.7. The van der Waals surface area contributed by atoms with Crippen LogP contribution >= 0.6 is 8.25 Å². The van der Waals surface area contributed by atoms with Gasteiger partial charge < -0.3 is 21.5 Å². The van der Waals surface area contributed by atoms with Gasteiger partial charge in [0.05, 0.1) is 6.61 Å². The number of nitrogens with two attached hydrogens (primary N) is 2. The van der Waals surface area contributed by atoms with Crippen molar-refractivity contribution in [1.29, 1.82) is 0 Å². The van der Waals surface area contributed by atoms with E-state index in [0.717, 1.165) is 0 Å². The van der Waals surface area contributed by atoms with E-state index in [1.165, 1.54) is 6.92 Å². The van der Waals surface area contributed by atoms with Gasteiger partial charge >= 0.3 is 8.25 Å². The van der Waals surface area contributed by atoms with Gasteiger partial charge in [-0.05, 0) is 6.92 Å². The van der Waals surface area contributed by atoms with Gasteiger partial charge in [0.15, 0.2) is 0 Å². The summed E-state index contributed by atoms with van der Waals surface area (Å²) in [6.07, 6.45) is -0.642. The number of hydrogen-bond acceptors (Lipinski definition) is 5. The number of aliphatic hydroxyl groups is 1. The minimum atomic E-state index is -2.81. The largest absolute Gasteiger partial charge is 0.395 e.